The van der Waals surface area contributed by atoms with Crippen molar-refractivity contribution < 1.29 is 23.1 Å². The van der Waals surface area contributed by atoms with Gasteiger partial charge in [0.05, 0.1) is 0 Å². The second-order valence-corrected chi connectivity index (χ2v) is 4.53. The molecule has 0 fully saturated rings. The van der Waals surface area contributed by atoms with E-state index in [-0.39, 0.29) is 0 Å². The van der Waals surface area contributed by atoms with Crippen LogP contribution in [0.5, 0.6) is 0 Å². The van der Waals surface area contributed by atoms with Crippen molar-refractivity contribution in [2.45, 2.75) is 39.3 Å². The van der Waals surface area contributed by atoms with Crippen molar-refractivity contribution >= 4 is 5.97 Å². The van der Waals surface area contributed by atoms with Crippen molar-refractivity contribution in [1.29, 1.82) is 0 Å². The summed E-state index contributed by atoms with van der Waals surface area (Å²) in [7, 11) is 0. The highest BCUT2D eigenvalue weighted by Crippen LogP contribution is 2.25. The lowest BCUT2D eigenvalue weighted by Crippen LogP contribution is -2.39. The maximum Gasteiger partial charge on any atom is 0.403 e. The van der Waals surface area contributed by atoms with Crippen molar-refractivity contribution in [2.24, 2.45) is 11.8 Å². The van der Waals surface area contributed by atoms with Crippen LogP contribution < -0.4 is 5.32 Å². The second-order valence-electron chi connectivity index (χ2n) is 4.53. The molecule has 0 aromatic heterocycles. The number of halogens is 3. The third-order valence-corrected chi connectivity index (χ3v) is 2.43. The molecule has 0 amide bonds. The van der Waals surface area contributed by atoms with Gasteiger partial charge < -0.3 is 10.4 Å². The van der Waals surface area contributed by atoms with Crippen LogP contribution in [0.2, 0.25) is 0 Å². The van der Waals surface area contributed by atoms with Gasteiger partial charge in [-0.1, -0.05) is 26.7 Å². The van der Waals surface area contributed by atoms with Crippen molar-refractivity contribution in [3.05, 3.63) is 0 Å². The van der Waals surface area contributed by atoms with E-state index in [9.17, 15) is 18.0 Å². The van der Waals surface area contributed by atoms with Crippen molar-refractivity contribution in [3.63, 3.8) is 0 Å². The summed E-state index contributed by atoms with van der Waals surface area (Å²) in [4.78, 5) is 10.4. The number of nitrogens with one attached hydrogen (secondary N) is 1. The Morgan fingerprint density at radius 3 is 2.29 bits per heavy atom. The van der Waals surface area contributed by atoms with Crippen molar-refractivity contribution in [2.75, 3.05) is 13.1 Å². The summed E-state index contributed by atoms with van der Waals surface area (Å²) in [5, 5.41) is 11.0. The lowest BCUT2D eigenvalue weighted by atomic mass is 10.1. The highest BCUT2D eigenvalue weighted by atomic mass is 19.4. The topological polar surface area (TPSA) is 49.3 Å². The molecular weight excluding hydrogens is 235 g/mol. The van der Waals surface area contributed by atoms with E-state index in [1.807, 2.05) is 0 Å². The molecule has 102 valence electrons. The van der Waals surface area contributed by atoms with Gasteiger partial charge in [-0.3, -0.25) is 4.79 Å². The molecule has 1 unspecified atom stereocenters. The van der Waals surface area contributed by atoms with Crippen LogP contribution in [0.4, 0.5) is 13.2 Å². The number of unbranched alkanes of at least 4 members (excludes halogenated alkanes) is 1. The Kier molecular flexibility index (Phi) is 7.18. The molecule has 0 radical (unpaired) electrons. The molecule has 3 nitrogen and oxygen atoms in total. The molecule has 0 aliphatic carbocycles. The molecule has 2 N–H and O–H groups in total. The minimum Gasteiger partial charge on any atom is -0.481 e. The summed E-state index contributed by atoms with van der Waals surface area (Å²) in [5.41, 5.74) is 0. The third kappa shape index (κ3) is 8.01. The Morgan fingerprint density at radius 2 is 1.88 bits per heavy atom. The second kappa shape index (κ2) is 7.53. The van der Waals surface area contributed by atoms with Crippen LogP contribution in [0.25, 0.3) is 0 Å². The molecule has 0 bridgehead atoms. The quantitative estimate of drug-likeness (QED) is 0.655. The maximum atomic E-state index is 12.2. The minimum atomic E-state index is -4.68. The van der Waals surface area contributed by atoms with Gasteiger partial charge >= 0.3 is 12.1 Å². The fourth-order valence-corrected chi connectivity index (χ4v) is 1.39. The molecule has 0 saturated heterocycles. The van der Waals surface area contributed by atoms with Gasteiger partial charge in [0.2, 0.25) is 0 Å². The van der Waals surface area contributed by atoms with E-state index in [1.54, 1.807) is 0 Å². The molecule has 6 heteroatoms. The molecule has 0 aromatic rings. The molecular formula is C11H20F3NO2. The normalized spacial score (nSPS) is 14.0. The number of hydrogen-bond acceptors (Lipinski definition) is 2. The number of rotatable bonds is 8. The molecule has 0 spiro atoms. The fraction of sp³-hybridized carbons (Fsp3) is 0.909. The van der Waals surface area contributed by atoms with Gasteiger partial charge in [-0.25, -0.2) is 0 Å². The van der Waals surface area contributed by atoms with E-state index in [2.05, 4.69) is 19.2 Å². The van der Waals surface area contributed by atoms with Crippen LogP contribution in [-0.4, -0.2) is 30.3 Å². The van der Waals surface area contributed by atoms with Gasteiger partial charge in [0.25, 0.3) is 0 Å². The van der Waals surface area contributed by atoms with Crippen LogP contribution in [0.3, 0.4) is 0 Å². The summed E-state index contributed by atoms with van der Waals surface area (Å²) >= 11 is 0. The van der Waals surface area contributed by atoms with Crippen LogP contribution >= 0.6 is 0 Å². The smallest absolute Gasteiger partial charge is 0.403 e. The van der Waals surface area contributed by atoms with Crippen LogP contribution in [0.1, 0.15) is 33.1 Å². The van der Waals surface area contributed by atoms with Gasteiger partial charge in [-0.2, -0.15) is 13.2 Å². The van der Waals surface area contributed by atoms with Crippen molar-refractivity contribution in [3.8, 4) is 0 Å². The van der Waals surface area contributed by atoms with Gasteiger partial charge in [0, 0.05) is 6.54 Å². The molecule has 0 rings (SSSR count). The zero-order valence-corrected chi connectivity index (χ0v) is 10.2. The molecule has 17 heavy (non-hydrogen) atoms. The van der Waals surface area contributed by atoms with E-state index in [1.165, 1.54) is 0 Å². The van der Waals surface area contributed by atoms with Crippen LogP contribution in [-0.2, 0) is 4.79 Å². The number of carboxylic acids is 1. The number of aliphatic carboxylic acids is 1. The predicted octanol–water partition coefficient (Wildman–Crippen LogP) is 2.67. The maximum absolute atomic E-state index is 12.2. The Morgan fingerprint density at radius 1 is 1.29 bits per heavy atom. The van der Waals surface area contributed by atoms with E-state index in [0.717, 1.165) is 19.3 Å². The first-order valence-electron chi connectivity index (χ1n) is 5.75. The zero-order chi connectivity index (χ0) is 13.5. The fourth-order valence-electron chi connectivity index (χ4n) is 1.39. The first-order chi connectivity index (χ1) is 7.75. The SMILES string of the molecule is CC(C)CCCCNCC(C(=O)O)C(F)(F)F. The van der Waals surface area contributed by atoms with Gasteiger partial charge in [0.1, 0.15) is 0 Å². The average Bonchev–Trinajstić information content (AvgIpc) is 2.13. The molecule has 0 heterocycles. The Hall–Kier alpha value is -0.780. The highest BCUT2D eigenvalue weighted by Gasteiger charge is 2.44. The average molecular weight is 255 g/mol. The number of carboxylic acid groups (broad SMARTS) is 1. The van der Waals surface area contributed by atoms with Crippen molar-refractivity contribution in [1.82, 2.24) is 5.32 Å². The zero-order valence-electron chi connectivity index (χ0n) is 10.2. The lowest BCUT2D eigenvalue weighted by molar-refractivity contribution is -0.192. The van der Waals surface area contributed by atoms with Crippen LogP contribution in [0.15, 0.2) is 0 Å². The monoisotopic (exact) mass is 255 g/mol. The Bertz CT molecular complexity index is 229. The summed E-state index contributed by atoms with van der Waals surface area (Å²) < 4.78 is 36.7. The summed E-state index contributed by atoms with van der Waals surface area (Å²) in [6.45, 7) is 4.03. The van der Waals surface area contributed by atoms with E-state index in [0.29, 0.717) is 12.5 Å². The number of carbonyl (C=O) groups is 1. The van der Waals surface area contributed by atoms with Gasteiger partial charge in [-0.15, -0.1) is 0 Å². The Labute approximate surface area is 99.4 Å². The molecule has 0 aromatic carbocycles. The summed E-state index contributed by atoms with van der Waals surface area (Å²) in [6.07, 6.45) is -1.95. The third-order valence-electron chi connectivity index (χ3n) is 2.43. The summed E-state index contributed by atoms with van der Waals surface area (Å²) in [5.74, 6) is -3.56. The molecule has 0 aliphatic rings. The van der Waals surface area contributed by atoms with E-state index < -0.39 is 24.6 Å². The predicted molar refractivity (Wildman–Crippen MR) is 58.7 cm³/mol. The van der Waals surface area contributed by atoms with Gasteiger partial charge in [0.15, 0.2) is 5.92 Å². The molecule has 1 atom stereocenters. The Balaban J connectivity index is 3.74. The standard InChI is InChI=1S/C11H20F3NO2/c1-8(2)5-3-4-6-15-7-9(10(16)17)11(12,13)14/h8-9,15H,3-7H2,1-2H3,(H,16,17). The largest absolute Gasteiger partial charge is 0.481 e. The summed E-state index contributed by atoms with van der Waals surface area (Å²) in [6, 6.07) is 0. The van der Waals surface area contributed by atoms with Crippen LogP contribution in [0, 0.1) is 11.8 Å². The van der Waals surface area contributed by atoms with E-state index in [4.69, 9.17) is 5.11 Å². The van der Waals surface area contributed by atoms with E-state index >= 15 is 0 Å². The molecule has 0 saturated carbocycles. The lowest BCUT2D eigenvalue weighted by Gasteiger charge is -2.16. The van der Waals surface area contributed by atoms with Gasteiger partial charge in [-0.05, 0) is 18.9 Å². The first-order valence-corrected chi connectivity index (χ1v) is 5.75. The first kappa shape index (κ1) is 16.2. The minimum absolute atomic E-state index is 0.423. The number of alkyl halides is 3. The number of hydrogen-bond donors (Lipinski definition) is 2. The highest BCUT2D eigenvalue weighted by molar-refractivity contribution is 5.71. The molecule has 0 aliphatic heterocycles.